The van der Waals surface area contributed by atoms with Crippen molar-refractivity contribution >= 4 is 17.7 Å². The monoisotopic (exact) mass is 248 g/mol. The largest absolute Gasteiger partial charge is 0.465 e. The molecule has 88 valence electrons. The highest BCUT2D eigenvalue weighted by Gasteiger charge is 2.06. The molecule has 5 heteroatoms. The number of aromatic amines is 1. The number of hydrogen-bond acceptors (Lipinski definition) is 4. The molecule has 0 unspecified atom stereocenters. The summed E-state index contributed by atoms with van der Waals surface area (Å²) in [6.07, 6.45) is 3.50. The second-order valence-electron chi connectivity index (χ2n) is 3.37. The van der Waals surface area contributed by atoms with Crippen molar-refractivity contribution in [3.05, 3.63) is 47.8 Å². The summed E-state index contributed by atoms with van der Waals surface area (Å²) in [4.78, 5) is 18.5. The molecule has 0 amide bonds. The highest BCUT2D eigenvalue weighted by atomic mass is 32.2. The van der Waals surface area contributed by atoms with Gasteiger partial charge in [-0.2, -0.15) is 0 Å². The van der Waals surface area contributed by atoms with Gasteiger partial charge >= 0.3 is 5.97 Å². The molecule has 0 saturated carbocycles. The van der Waals surface area contributed by atoms with Crippen LogP contribution in [0.15, 0.2) is 41.8 Å². The lowest BCUT2D eigenvalue weighted by Gasteiger charge is -2.02. The molecule has 0 fully saturated rings. The Morgan fingerprint density at radius 2 is 2.41 bits per heavy atom. The third kappa shape index (κ3) is 3.10. The van der Waals surface area contributed by atoms with Gasteiger partial charge in [-0.3, -0.25) is 0 Å². The summed E-state index contributed by atoms with van der Waals surface area (Å²) < 4.78 is 4.68. The molecule has 0 aliphatic carbocycles. The van der Waals surface area contributed by atoms with Gasteiger partial charge in [-0.25, -0.2) is 9.78 Å². The summed E-state index contributed by atoms with van der Waals surface area (Å²) in [6.45, 7) is 0. The smallest absolute Gasteiger partial charge is 0.337 e. The topological polar surface area (TPSA) is 55.0 Å². The zero-order chi connectivity index (χ0) is 12.1. The average Bonchev–Trinajstić information content (AvgIpc) is 2.89. The van der Waals surface area contributed by atoms with Crippen LogP contribution in [0.2, 0.25) is 0 Å². The lowest BCUT2D eigenvalue weighted by atomic mass is 10.1. The van der Waals surface area contributed by atoms with Gasteiger partial charge in [-0.15, -0.1) is 0 Å². The van der Waals surface area contributed by atoms with Gasteiger partial charge in [0, 0.05) is 18.1 Å². The van der Waals surface area contributed by atoms with Crippen molar-refractivity contribution in [1.82, 2.24) is 9.97 Å². The van der Waals surface area contributed by atoms with Crippen molar-refractivity contribution in [3.8, 4) is 0 Å². The molecule has 0 spiro atoms. The minimum absolute atomic E-state index is 0.310. The van der Waals surface area contributed by atoms with E-state index in [2.05, 4.69) is 14.7 Å². The molecular weight excluding hydrogens is 236 g/mol. The molecule has 0 radical (unpaired) electrons. The van der Waals surface area contributed by atoms with Crippen LogP contribution in [0.25, 0.3) is 0 Å². The van der Waals surface area contributed by atoms with E-state index in [-0.39, 0.29) is 5.97 Å². The number of carbonyl (C=O) groups is 1. The van der Waals surface area contributed by atoms with E-state index in [4.69, 9.17) is 0 Å². The predicted octanol–water partition coefficient (Wildman–Crippen LogP) is 2.49. The number of rotatable bonds is 4. The normalized spacial score (nSPS) is 10.2. The lowest BCUT2D eigenvalue weighted by molar-refractivity contribution is 0.0600. The highest BCUT2D eigenvalue weighted by Crippen LogP contribution is 2.19. The Labute approximate surface area is 103 Å². The Balaban J connectivity index is 2.03. The molecule has 1 aromatic carbocycles. The Kier molecular flexibility index (Phi) is 3.82. The maximum atomic E-state index is 11.4. The highest BCUT2D eigenvalue weighted by molar-refractivity contribution is 7.98. The van der Waals surface area contributed by atoms with E-state index in [1.807, 2.05) is 18.2 Å². The fourth-order valence-electron chi connectivity index (χ4n) is 1.39. The fourth-order valence-corrected chi connectivity index (χ4v) is 2.16. The number of hydrogen-bond donors (Lipinski definition) is 1. The van der Waals surface area contributed by atoms with Gasteiger partial charge in [0.25, 0.3) is 0 Å². The molecular formula is C12H12N2O2S. The maximum absolute atomic E-state index is 11.4. The fraction of sp³-hybridized carbons (Fsp3) is 0.167. The van der Waals surface area contributed by atoms with E-state index >= 15 is 0 Å². The van der Waals surface area contributed by atoms with E-state index in [1.165, 1.54) is 7.11 Å². The summed E-state index contributed by atoms with van der Waals surface area (Å²) in [7, 11) is 1.38. The number of H-pyrrole nitrogens is 1. The lowest BCUT2D eigenvalue weighted by Crippen LogP contribution is -2.01. The summed E-state index contributed by atoms with van der Waals surface area (Å²) in [5, 5.41) is 0.869. The molecule has 2 aromatic rings. The molecule has 0 bridgehead atoms. The zero-order valence-electron chi connectivity index (χ0n) is 9.34. The van der Waals surface area contributed by atoms with Gasteiger partial charge in [0.15, 0.2) is 5.16 Å². The number of nitrogens with zero attached hydrogens (tertiary/aromatic N) is 1. The number of ether oxygens (including phenoxy) is 1. The Hall–Kier alpha value is -1.75. The van der Waals surface area contributed by atoms with Crippen molar-refractivity contribution < 1.29 is 9.53 Å². The van der Waals surface area contributed by atoms with Crippen molar-refractivity contribution in [2.45, 2.75) is 10.9 Å². The third-order valence-corrected chi connectivity index (χ3v) is 3.17. The van der Waals surface area contributed by atoms with E-state index in [0.29, 0.717) is 5.56 Å². The van der Waals surface area contributed by atoms with Crippen LogP contribution in [-0.4, -0.2) is 23.0 Å². The predicted molar refractivity (Wildman–Crippen MR) is 65.9 cm³/mol. The molecule has 0 atom stereocenters. The second kappa shape index (κ2) is 5.54. The van der Waals surface area contributed by atoms with Gasteiger partial charge in [0.2, 0.25) is 0 Å². The van der Waals surface area contributed by atoms with Crippen molar-refractivity contribution in [1.29, 1.82) is 0 Å². The summed E-state index contributed by atoms with van der Waals surface area (Å²) in [6, 6.07) is 7.40. The number of thioether (sulfide) groups is 1. The summed E-state index contributed by atoms with van der Waals surface area (Å²) >= 11 is 1.59. The first kappa shape index (κ1) is 11.7. The quantitative estimate of drug-likeness (QED) is 0.667. The van der Waals surface area contributed by atoms with Crippen LogP contribution in [0.3, 0.4) is 0 Å². The molecule has 1 aromatic heterocycles. The molecule has 17 heavy (non-hydrogen) atoms. The van der Waals surface area contributed by atoms with E-state index in [0.717, 1.165) is 16.5 Å². The van der Waals surface area contributed by atoms with Crippen molar-refractivity contribution in [3.63, 3.8) is 0 Å². The molecule has 1 heterocycles. The SMILES string of the molecule is COC(=O)c1cccc(CSc2ncc[nH]2)c1. The van der Waals surface area contributed by atoms with Gasteiger partial charge in [-0.05, 0) is 17.7 Å². The van der Waals surface area contributed by atoms with E-state index in [1.54, 1.807) is 30.2 Å². The van der Waals surface area contributed by atoms with Crippen LogP contribution in [0.5, 0.6) is 0 Å². The molecule has 0 aliphatic heterocycles. The van der Waals surface area contributed by atoms with Crippen LogP contribution < -0.4 is 0 Å². The van der Waals surface area contributed by atoms with Crippen LogP contribution in [0.1, 0.15) is 15.9 Å². The van der Waals surface area contributed by atoms with Crippen molar-refractivity contribution in [2.24, 2.45) is 0 Å². The Morgan fingerprint density at radius 3 is 3.12 bits per heavy atom. The van der Waals surface area contributed by atoms with E-state index in [9.17, 15) is 4.79 Å². The number of esters is 1. The number of methoxy groups -OCH3 is 1. The second-order valence-corrected chi connectivity index (χ2v) is 4.34. The molecule has 1 N–H and O–H groups in total. The summed E-state index contributed by atoms with van der Waals surface area (Å²) in [5.74, 6) is 0.452. The number of aromatic nitrogens is 2. The van der Waals surface area contributed by atoms with Crippen molar-refractivity contribution in [2.75, 3.05) is 7.11 Å². The van der Waals surface area contributed by atoms with E-state index < -0.39 is 0 Å². The number of benzene rings is 1. The Bertz CT molecular complexity index is 497. The van der Waals surface area contributed by atoms with Crippen LogP contribution in [-0.2, 0) is 10.5 Å². The minimum Gasteiger partial charge on any atom is -0.465 e. The minimum atomic E-state index is -0.310. The average molecular weight is 248 g/mol. The first-order valence-electron chi connectivity index (χ1n) is 5.09. The van der Waals surface area contributed by atoms with Gasteiger partial charge in [0.05, 0.1) is 12.7 Å². The number of carbonyl (C=O) groups excluding carboxylic acids is 1. The molecule has 4 nitrogen and oxygen atoms in total. The van der Waals surface area contributed by atoms with Gasteiger partial charge in [0.1, 0.15) is 0 Å². The van der Waals surface area contributed by atoms with Crippen LogP contribution in [0.4, 0.5) is 0 Å². The van der Waals surface area contributed by atoms with Crippen LogP contribution in [0, 0.1) is 0 Å². The Morgan fingerprint density at radius 1 is 1.53 bits per heavy atom. The molecule has 0 aliphatic rings. The van der Waals surface area contributed by atoms with Crippen LogP contribution >= 0.6 is 11.8 Å². The molecule has 0 saturated heterocycles. The zero-order valence-corrected chi connectivity index (χ0v) is 10.2. The maximum Gasteiger partial charge on any atom is 0.337 e. The third-order valence-electron chi connectivity index (χ3n) is 2.20. The standard InChI is InChI=1S/C12H12N2O2S/c1-16-11(15)10-4-2-3-9(7-10)8-17-12-13-5-6-14-12/h2-7H,8H2,1H3,(H,13,14). The van der Waals surface area contributed by atoms with Gasteiger partial charge in [-0.1, -0.05) is 23.9 Å². The first-order valence-corrected chi connectivity index (χ1v) is 6.07. The summed E-state index contributed by atoms with van der Waals surface area (Å²) in [5.41, 5.74) is 1.64. The number of imidazole rings is 1. The first-order chi connectivity index (χ1) is 8.29. The molecule has 2 rings (SSSR count). The number of nitrogens with one attached hydrogen (secondary N) is 1. The van der Waals surface area contributed by atoms with Gasteiger partial charge < -0.3 is 9.72 Å².